The Balaban J connectivity index is 2.28. The zero-order valence-corrected chi connectivity index (χ0v) is 11.3. The Labute approximate surface area is 106 Å². The van der Waals surface area contributed by atoms with E-state index in [1.165, 1.54) is 36.8 Å². The summed E-state index contributed by atoms with van der Waals surface area (Å²) in [4.78, 5) is 0. The Morgan fingerprint density at radius 1 is 1.38 bits per heavy atom. The summed E-state index contributed by atoms with van der Waals surface area (Å²) >= 11 is 3.62. The molecule has 2 nitrogen and oxygen atoms in total. The van der Waals surface area contributed by atoms with Crippen molar-refractivity contribution in [3.8, 4) is 0 Å². The molecule has 3 N–H and O–H groups in total. The summed E-state index contributed by atoms with van der Waals surface area (Å²) in [5.41, 5.74) is 5.59. The molecule has 0 radical (unpaired) electrons. The standard InChI is InChI=1S/C13H19BrN2/c1-9-6-7-12(14)11(8-9)13(16-15)10-4-2-3-5-10/h6-8,10,13,16H,2-5,15H2,1H3. The summed E-state index contributed by atoms with van der Waals surface area (Å²) in [7, 11) is 0. The molecule has 0 spiro atoms. The molecule has 1 unspecified atom stereocenters. The van der Waals surface area contributed by atoms with Crippen LogP contribution < -0.4 is 11.3 Å². The highest BCUT2D eigenvalue weighted by molar-refractivity contribution is 9.10. The SMILES string of the molecule is Cc1ccc(Br)c(C(NN)C2CCCC2)c1. The van der Waals surface area contributed by atoms with Crippen LogP contribution in [0.25, 0.3) is 0 Å². The van der Waals surface area contributed by atoms with Crippen molar-refractivity contribution in [3.05, 3.63) is 33.8 Å². The summed E-state index contributed by atoms with van der Waals surface area (Å²) in [5.74, 6) is 6.42. The van der Waals surface area contributed by atoms with Crippen molar-refractivity contribution < 1.29 is 0 Å². The maximum Gasteiger partial charge on any atom is 0.0499 e. The maximum atomic E-state index is 5.73. The minimum atomic E-state index is 0.289. The number of nitrogens with one attached hydrogen (secondary N) is 1. The van der Waals surface area contributed by atoms with Gasteiger partial charge in [-0.15, -0.1) is 0 Å². The summed E-state index contributed by atoms with van der Waals surface area (Å²) in [6.07, 6.45) is 5.25. The molecule has 2 rings (SSSR count). The first-order valence-corrected chi connectivity index (χ1v) is 6.74. The quantitative estimate of drug-likeness (QED) is 0.658. The second kappa shape index (κ2) is 5.30. The number of benzene rings is 1. The Hall–Kier alpha value is -0.380. The van der Waals surface area contributed by atoms with Crippen molar-refractivity contribution in [2.24, 2.45) is 11.8 Å². The minimum absolute atomic E-state index is 0.289. The van der Waals surface area contributed by atoms with Gasteiger partial charge in [0.05, 0.1) is 0 Å². The second-order valence-corrected chi connectivity index (χ2v) is 5.57. The Bertz CT molecular complexity index is 359. The smallest absolute Gasteiger partial charge is 0.0499 e. The molecule has 0 bridgehead atoms. The average Bonchev–Trinajstić information content (AvgIpc) is 2.78. The Kier molecular flexibility index (Phi) is 4.00. The molecular formula is C13H19BrN2. The number of halogens is 1. The first kappa shape index (κ1) is 12.1. The van der Waals surface area contributed by atoms with Crippen LogP contribution in [0.1, 0.15) is 42.9 Å². The van der Waals surface area contributed by atoms with E-state index in [1.54, 1.807) is 0 Å². The van der Waals surface area contributed by atoms with Crippen LogP contribution in [-0.4, -0.2) is 0 Å². The van der Waals surface area contributed by atoms with Crippen molar-refractivity contribution in [1.29, 1.82) is 0 Å². The highest BCUT2D eigenvalue weighted by Crippen LogP contribution is 2.37. The normalized spacial score (nSPS) is 18.9. The lowest BCUT2D eigenvalue weighted by Crippen LogP contribution is -2.33. The van der Waals surface area contributed by atoms with Crippen molar-refractivity contribution in [2.75, 3.05) is 0 Å². The number of aryl methyl sites for hydroxylation is 1. The monoisotopic (exact) mass is 282 g/mol. The molecule has 1 aromatic carbocycles. The average molecular weight is 283 g/mol. The van der Waals surface area contributed by atoms with E-state index >= 15 is 0 Å². The largest absolute Gasteiger partial charge is 0.271 e. The number of hydrogen-bond acceptors (Lipinski definition) is 2. The molecule has 0 aromatic heterocycles. The van der Waals surface area contributed by atoms with E-state index < -0.39 is 0 Å². The molecule has 0 amide bonds. The molecule has 0 heterocycles. The van der Waals surface area contributed by atoms with E-state index in [-0.39, 0.29) is 6.04 Å². The first-order valence-electron chi connectivity index (χ1n) is 5.94. The topological polar surface area (TPSA) is 38.0 Å². The number of hydrogen-bond donors (Lipinski definition) is 2. The summed E-state index contributed by atoms with van der Waals surface area (Å²) in [6, 6.07) is 6.75. The van der Waals surface area contributed by atoms with E-state index in [9.17, 15) is 0 Å². The van der Waals surface area contributed by atoms with Gasteiger partial charge in [0, 0.05) is 10.5 Å². The van der Waals surface area contributed by atoms with Gasteiger partial charge in [-0.25, -0.2) is 0 Å². The van der Waals surface area contributed by atoms with Crippen LogP contribution in [0.4, 0.5) is 0 Å². The third-order valence-electron chi connectivity index (χ3n) is 3.54. The van der Waals surface area contributed by atoms with Gasteiger partial charge in [-0.05, 0) is 37.3 Å². The predicted octanol–water partition coefficient (Wildman–Crippen LogP) is 3.45. The third kappa shape index (κ3) is 2.47. The lowest BCUT2D eigenvalue weighted by molar-refractivity contribution is 0.372. The van der Waals surface area contributed by atoms with E-state index in [2.05, 4.69) is 46.5 Å². The molecule has 0 aliphatic heterocycles. The van der Waals surface area contributed by atoms with Gasteiger partial charge in [0.15, 0.2) is 0 Å². The summed E-state index contributed by atoms with van der Waals surface area (Å²) in [5, 5.41) is 0. The highest BCUT2D eigenvalue weighted by atomic mass is 79.9. The van der Waals surface area contributed by atoms with Crippen molar-refractivity contribution in [2.45, 2.75) is 38.6 Å². The highest BCUT2D eigenvalue weighted by Gasteiger charge is 2.26. The van der Waals surface area contributed by atoms with E-state index in [4.69, 9.17) is 5.84 Å². The Morgan fingerprint density at radius 3 is 2.69 bits per heavy atom. The Morgan fingerprint density at radius 2 is 2.06 bits per heavy atom. The number of hydrazine groups is 1. The van der Waals surface area contributed by atoms with Gasteiger partial charge in [0.1, 0.15) is 0 Å². The van der Waals surface area contributed by atoms with Gasteiger partial charge in [0.25, 0.3) is 0 Å². The lowest BCUT2D eigenvalue weighted by Gasteiger charge is -2.24. The van der Waals surface area contributed by atoms with Crippen LogP contribution in [0.2, 0.25) is 0 Å². The predicted molar refractivity (Wildman–Crippen MR) is 70.9 cm³/mol. The molecular weight excluding hydrogens is 264 g/mol. The third-order valence-corrected chi connectivity index (χ3v) is 4.26. The summed E-state index contributed by atoms with van der Waals surface area (Å²) in [6.45, 7) is 2.12. The maximum absolute atomic E-state index is 5.73. The van der Waals surface area contributed by atoms with Crippen LogP contribution in [0.5, 0.6) is 0 Å². The van der Waals surface area contributed by atoms with Crippen LogP contribution >= 0.6 is 15.9 Å². The zero-order chi connectivity index (χ0) is 11.5. The van der Waals surface area contributed by atoms with E-state index in [0.717, 1.165) is 4.47 Å². The van der Waals surface area contributed by atoms with Gasteiger partial charge in [-0.2, -0.15) is 0 Å². The lowest BCUT2D eigenvalue weighted by atomic mass is 9.91. The zero-order valence-electron chi connectivity index (χ0n) is 9.67. The van der Waals surface area contributed by atoms with Crippen LogP contribution in [0, 0.1) is 12.8 Å². The fraction of sp³-hybridized carbons (Fsp3) is 0.538. The van der Waals surface area contributed by atoms with Gasteiger partial charge in [0.2, 0.25) is 0 Å². The van der Waals surface area contributed by atoms with Crippen LogP contribution in [-0.2, 0) is 0 Å². The van der Waals surface area contributed by atoms with Gasteiger partial charge in [-0.3, -0.25) is 11.3 Å². The van der Waals surface area contributed by atoms with Gasteiger partial charge in [-0.1, -0.05) is 46.5 Å². The fourth-order valence-corrected chi connectivity index (χ4v) is 3.17. The first-order chi connectivity index (χ1) is 7.72. The molecule has 1 saturated carbocycles. The molecule has 1 aliphatic carbocycles. The molecule has 3 heteroatoms. The number of nitrogens with two attached hydrogens (primary N) is 1. The molecule has 1 fully saturated rings. The molecule has 0 saturated heterocycles. The van der Waals surface area contributed by atoms with Crippen LogP contribution in [0.15, 0.2) is 22.7 Å². The minimum Gasteiger partial charge on any atom is -0.271 e. The van der Waals surface area contributed by atoms with Crippen molar-refractivity contribution in [1.82, 2.24) is 5.43 Å². The van der Waals surface area contributed by atoms with E-state index in [1.807, 2.05) is 0 Å². The van der Waals surface area contributed by atoms with Crippen LogP contribution in [0.3, 0.4) is 0 Å². The molecule has 1 aromatic rings. The van der Waals surface area contributed by atoms with Crippen molar-refractivity contribution in [3.63, 3.8) is 0 Å². The van der Waals surface area contributed by atoms with Gasteiger partial charge < -0.3 is 0 Å². The number of rotatable bonds is 3. The van der Waals surface area contributed by atoms with Gasteiger partial charge >= 0.3 is 0 Å². The fourth-order valence-electron chi connectivity index (χ4n) is 2.67. The van der Waals surface area contributed by atoms with E-state index in [0.29, 0.717) is 5.92 Å². The second-order valence-electron chi connectivity index (χ2n) is 4.71. The molecule has 1 atom stereocenters. The molecule has 88 valence electrons. The molecule has 16 heavy (non-hydrogen) atoms. The molecule has 1 aliphatic rings. The summed E-state index contributed by atoms with van der Waals surface area (Å²) < 4.78 is 1.16. The van der Waals surface area contributed by atoms with Crippen molar-refractivity contribution >= 4 is 15.9 Å².